The highest BCUT2D eigenvalue weighted by Gasteiger charge is 2.29. The van der Waals surface area contributed by atoms with E-state index in [2.05, 4.69) is 10.5 Å². The molecule has 1 atom stereocenters. The molecule has 0 unspecified atom stereocenters. The van der Waals surface area contributed by atoms with Crippen LogP contribution in [0.5, 0.6) is 11.5 Å². The third kappa shape index (κ3) is 3.93. The topological polar surface area (TPSA) is 108 Å². The van der Waals surface area contributed by atoms with Gasteiger partial charge >= 0.3 is 0 Å². The molecule has 1 amide bonds. The van der Waals surface area contributed by atoms with Crippen molar-refractivity contribution in [1.29, 1.82) is 0 Å². The number of hydrogen-bond acceptors (Lipinski definition) is 7. The number of rotatable bonds is 5. The number of hydrogen-bond donors (Lipinski definition) is 1. The lowest BCUT2D eigenvalue weighted by Gasteiger charge is -2.19. The molecule has 1 aromatic heterocycles. The Balaban J connectivity index is 1.69. The molecule has 9 heteroatoms. The second-order valence-electron chi connectivity index (χ2n) is 5.73. The van der Waals surface area contributed by atoms with Crippen molar-refractivity contribution in [2.75, 3.05) is 18.5 Å². The van der Waals surface area contributed by atoms with Gasteiger partial charge < -0.3 is 19.3 Å². The lowest BCUT2D eigenvalue weighted by molar-refractivity contribution is -0.115. The van der Waals surface area contributed by atoms with E-state index in [4.69, 9.17) is 14.0 Å². The summed E-state index contributed by atoms with van der Waals surface area (Å²) in [5.74, 6) is 0.625. The Morgan fingerprint density at radius 1 is 1.24 bits per heavy atom. The summed E-state index contributed by atoms with van der Waals surface area (Å²) in [4.78, 5) is 12.3. The van der Waals surface area contributed by atoms with Crippen LogP contribution in [-0.4, -0.2) is 37.9 Å². The van der Waals surface area contributed by atoms with Gasteiger partial charge in [-0.3, -0.25) is 4.79 Å². The minimum atomic E-state index is -3.73. The van der Waals surface area contributed by atoms with Crippen molar-refractivity contribution in [3.8, 4) is 11.5 Å². The third-order valence-corrected chi connectivity index (χ3v) is 5.73. The van der Waals surface area contributed by atoms with Crippen molar-refractivity contribution < 1.29 is 27.2 Å². The van der Waals surface area contributed by atoms with Crippen molar-refractivity contribution in [1.82, 2.24) is 5.16 Å². The first kappa shape index (κ1) is 17.3. The highest BCUT2D eigenvalue weighted by molar-refractivity contribution is 7.92. The summed E-state index contributed by atoms with van der Waals surface area (Å²) in [5.41, 5.74) is 0.713. The second kappa shape index (κ2) is 6.75. The summed E-state index contributed by atoms with van der Waals surface area (Å²) in [6.07, 6.45) is 0. The third-order valence-electron chi connectivity index (χ3n) is 3.74. The first-order valence-corrected chi connectivity index (χ1v) is 9.41. The Labute approximate surface area is 145 Å². The molecule has 134 valence electrons. The molecule has 0 spiro atoms. The lowest BCUT2D eigenvalue weighted by Crippen LogP contribution is -2.33. The maximum absolute atomic E-state index is 12.4. The molecule has 2 heterocycles. The van der Waals surface area contributed by atoms with Crippen molar-refractivity contribution in [3.05, 3.63) is 35.7 Å². The number of aryl methyl sites for hydroxylation is 1. The van der Waals surface area contributed by atoms with Crippen LogP contribution in [0, 0.1) is 6.92 Å². The minimum absolute atomic E-state index is 0.275. The number of nitrogens with zero attached hydrogens (tertiary/aromatic N) is 1. The van der Waals surface area contributed by atoms with E-state index in [1.165, 1.54) is 13.0 Å². The zero-order valence-corrected chi connectivity index (χ0v) is 14.6. The van der Waals surface area contributed by atoms with E-state index < -0.39 is 21.0 Å². The first-order chi connectivity index (χ1) is 11.8. The summed E-state index contributed by atoms with van der Waals surface area (Å²) in [6, 6.07) is 6.43. The van der Waals surface area contributed by atoms with Crippen molar-refractivity contribution in [3.63, 3.8) is 0 Å². The summed E-state index contributed by atoms with van der Waals surface area (Å²) in [7, 11) is -3.73. The standard InChI is InChI=1S/C16H18N2O6S/c1-10-7-13(18-24-10)9-25(20,21)11(2)16(19)17-12-3-4-14-15(8-12)23-6-5-22-14/h3-4,7-8,11H,5-6,9H2,1-2H3,(H,17,19)/t11-/m1/s1. The van der Waals surface area contributed by atoms with Gasteiger partial charge in [0.25, 0.3) is 0 Å². The average molecular weight is 366 g/mol. The Hall–Kier alpha value is -2.55. The molecule has 0 saturated carbocycles. The minimum Gasteiger partial charge on any atom is -0.486 e. The molecule has 8 nitrogen and oxygen atoms in total. The van der Waals surface area contributed by atoms with E-state index in [0.717, 1.165) is 0 Å². The van der Waals surface area contributed by atoms with Gasteiger partial charge in [-0.1, -0.05) is 5.16 Å². The molecule has 3 rings (SSSR count). The van der Waals surface area contributed by atoms with Crippen molar-refractivity contribution in [2.24, 2.45) is 0 Å². The lowest BCUT2D eigenvalue weighted by atomic mass is 10.2. The van der Waals surface area contributed by atoms with Crippen LogP contribution >= 0.6 is 0 Å². The van der Waals surface area contributed by atoms with Crippen LogP contribution in [0.25, 0.3) is 0 Å². The number of aromatic nitrogens is 1. The van der Waals surface area contributed by atoms with Gasteiger partial charge in [-0.15, -0.1) is 0 Å². The molecule has 1 aliphatic heterocycles. The van der Waals surface area contributed by atoms with Gasteiger partial charge in [-0.25, -0.2) is 8.42 Å². The molecule has 0 fully saturated rings. The maximum atomic E-state index is 12.4. The van der Waals surface area contributed by atoms with Crippen LogP contribution in [0.15, 0.2) is 28.8 Å². The van der Waals surface area contributed by atoms with E-state index in [9.17, 15) is 13.2 Å². The second-order valence-corrected chi connectivity index (χ2v) is 8.05. The Kier molecular flexibility index (Phi) is 4.67. The number of ether oxygens (including phenoxy) is 2. The fourth-order valence-electron chi connectivity index (χ4n) is 2.35. The van der Waals surface area contributed by atoms with Crippen LogP contribution in [0.3, 0.4) is 0 Å². The van der Waals surface area contributed by atoms with Gasteiger partial charge in [-0.2, -0.15) is 0 Å². The zero-order chi connectivity index (χ0) is 18.0. The number of fused-ring (bicyclic) bond motifs is 1. The highest BCUT2D eigenvalue weighted by Crippen LogP contribution is 2.32. The highest BCUT2D eigenvalue weighted by atomic mass is 32.2. The summed E-state index contributed by atoms with van der Waals surface area (Å²) < 4.78 is 40.5. The smallest absolute Gasteiger partial charge is 0.242 e. The Morgan fingerprint density at radius 2 is 1.96 bits per heavy atom. The molecule has 1 N–H and O–H groups in total. The van der Waals surface area contributed by atoms with Crippen LogP contribution in [0.4, 0.5) is 5.69 Å². The molecule has 1 aromatic carbocycles. The molecular weight excluding hydrogens is 348 g/mol. The van der Waals surface area contributed by atoms with Crippen LogP contribution in [-0.2, 0) is 20.4 Å². The SMILES string of the molecule is Cc1cc(CS(=O)(=O)[C@H](C)C(=O)Nc2ccc3c(c2)OCCO3)no1. The quantitative estimate of drug-likeness (QED) is 0.858. The van der Waals surface area contributed by atoms with Gasteiger partial charge in [0.1, 0.15) is 24.2 Å². The number of nitrogens with one attached hydrogen (secondary N) is 1. The largest absolute Gasteiger partial charge is 0.486 e. The molecule has 25 heavy (non-hydrogen) atoms. The maximum Gasteiger partial charge on any atom is 0.242 e. The summed E-state index contributed by atoms with van der Waals surface area (Å²) in [6.45, 7) is 3.90. The van der Waals surface area contributed by atoms with Gasteiger partial charge in [0, 0.05) is 17.8 Å². The van der Waals surface area contributed by atoms with Crippen molar-refractivity contribution >= 4 is 21.4 Å². The summed E-state index contributed by atoms with van der Waals surface area (Å²) in [5, 5.41) is 5.01. The van der Waals surface area contributed by atoms with E-state index in [0.29, 0.717) is 36.2 Å². The molecule has 0 bridgehead atoms. The van der Waals surface area contributed by atoms with Crippen LogP contribution in [0.1, 0.15) is 18.4 Å². The number of anilines is 1. The number of benzene rings is 1. The van der Waals surface area contributed by atoms with E-state index in [1.54, 1.807) is 25.1 Å². The number of carbonyl (C=O) groups excluding carboxylic acids is 1. The molecule has 2 aromatic rings. The van der Waals surface area contributed by atoms with Crippen LogP contribution in [0.2, 0.25) is 0 Å². The fraction of sp³-hybridized carbons (Fsp3) is 0.375. The molecule has 1 aliphatic rings. The Morgan fingerprint density at radius 3 is 2.64 bits per heavy atom. The zero-order valence-electron chi connectivity index (χ0n) is 13.8. The normalized spacial score (nSPS) is 14.8. The molecule has 0 radical (unpaired) electrons. The molecular formula is C16H18N2O6S. The van der Waals surface area contributed by atoms with Crippen molar-refractivity contribution in [2.45, 2.75) is 24.9 Å². The summed E-state index contributed by atoms with van der Waals surface area (Å²) >= 11 is 0. The number of sulfone groups is 1. The van der Waals surface area contributed by atoms with Gasteiger partial charge in [0.2, 0.25) is 5.91 Å². The monoisotopic (exact) mass is 366 g/mol. The van der Waals surface area contributed by atoms with Crippen LogP contribution < -0.4 is 14.8 Å². The Bertz CT molecular complexity index is 890. The predicted molar refractivity (Wildman–Crippen MR) is 89.4 cm³/mol. The molecule has 0 aliphatic carbocycles. The van der Waals surface area contributed by atoms with E-state index in [-0.39, 0.29) is 11.4 Å². The van der Waals surface area contributed by atoms with Gasteiger partial charge in [0.15, 0.2) is 21.3 Å². The van der Waals surface area contributed by atoms with Gasteiger partial charge in [-0.05, 0) is 26.0 Å². The average Bonchev–Trinajstić information content (AvgIpc) is 2.98. The number of amides is 1. The fourth-order valence-corrected chi connectivity index (χ4v) is 3.53. The molecule has 0 saturated heterocycles. The predicted octanol–water partition coefficient (Wildman–Crippen LogP) is 1.70. The van der Waals surface area contributed by atoms with E-state index >= 15 is 0 Å². The van der Waals surface area contributed by atoms with Gasteiger partial charge in [0.05, 0.1) is 11.4 Å². The van der Waals surface area contributed by atoms with E-state index in [1.807, 2.05) is 0 Å². The number of carbonyl (C=O) groups is 1. The first-order valence-electron chi connectivity index (χ1n) is 7.69.